The van der Waals surface area contributed by atoms with E-state index in [4.69, 9.17) is 0 Å². The molecule has 0 fully saturated rings. The smallest absolute Gasteiger partial charge is 0.140 e. The van der Waals surface area contributed by atoms with Crippen molar-refractivity contribution < 1.29 is 4.68 Å². The van der Waals surface area contributed by atoms with E-state index in [9.17, 15) is 0 Å². The molecule has 3 nitrogen and oxygen atoms in total. The van der Waals surface area contributed by atoms with E-state index in [-0.39, 0.29) is 5.41 Å². The highest BCUT2D eigenvalue weighted by Crippen LogP contribution is 2.50. The number of nitrogens with zero attached hydrogens (tertiary/aromatic N) is 3. The third-order valence-corrected chi connectivity index (χ3v) is 5.24. The summed E-state index contributed by atoms with van der Waals surface area (Å²) in [5.41, 5.74) is 9.68. The third-order valence-electron chi connectivity index (χ3n) is 5.24. The molecule has 0 bridgehead atoms. The molecule has 22 heavy (non-hydrogen) atoms. The second kappa shape index (κ2) is 3.67. The summed E-state index contributed by atoms with van der Waals surface area (Å²) in [7, 11) is 1.98. The van der Waals surface area contributed by atoms with Gasteiger partial charge in [0.05, 0.1) is 5.21 Å². The Labute approximate surface area is 129 Å². The van der Waals surface area contributed by atoms with Gasteiger partial charge in [0.15, 0.2) is 11.9 Å². The molecule has 1 aliphatic carbocycles. The Balaban J connectivity index is 1.81. The van der Waals surface area contributed by atoms with Crippen molar-refractivity contribution in [2.24, 2.45) is 7.05 Å². The molecular weight excluding hydrogens is 270 g/mol. The van der Waals surface area contributed by atoms with Gasteiger partial charge in [0.1, 0.15) is 13.6 Å². The van der Waals surface area contributed by atoms with Gasteiger partial charge in [-0.1, -0.05) is 38.1 Å². The first-order valence-corrected chi connectivity index (χ1v) is 7.77. The highest BCUT2D eigenvalue weighted by Gasteiger charge is 2.38. The topological polar surface area (TPSA) is 21.7 Å². The molecule has 0 N–H and O–H groups in total. The zero-order chi connectivity index (χ0) is 15.1. The van der Waals surface area contributed by atoms with Crippen LogP contribution in [0.1, 0.15) is 30.5 Å². The predicted molar refractivity (Wildman–Crippen MR) is 85.5 cm³/mol. The average Bonchev–Trinajstić information content (AvgIpc) is 3.07. The Kier molecular flexibility index (Phi) is 2.03. The van der Waals surface area contributed by atoms with Crippen LogP contribution in [0.25, 0.3) is 22.4 Å². The van der Waals surface area contributed by atoms with Crippen molar-refractivity contribution in [2.75, 3.05) is 0 Å². The maximum Gasteiger partial charge on any atom is 0.198 e. The molecule has 3 heteroatoms. The maximum atomic E-state index is 4.52. The molecule has 3 aromatic rings. The first-order valence-electron chi connectivity index (χ1n) is 7.77. The van der Waals surface area contributed by atoms with Gasteiger partial charge in [-0.25, -0.2) is 0 Å². The van der Waals surface area contributed by atoms with Gasteiger partial charge >= 0.3 is 0 Å². The number of aryl methyl sites for hydroxylation is 1. The van der Waals surface area contributed by atoms with E-state index in [1.54, 1.807) is 0 Å². The molecule has 0 atom stereocenters. The van der Waals surface area contributed by atoms with E-state index in [1.807, 2.05) is 11.7 Å². The Morgan fingerprint density at radius 3 is 2.73 bits per heavy atom. The normalized spacial score (nSPS) is 16.1. The summed E-state index contributed by atoms with van der Waals surface area (Å²) in [4.78, 5) is 0. The molecule has 0 saturated carbocycles. The maximum absolute atomic E-state index is 4.52. The van der Waals surface area contributed by atoms with Crippen molar-refractivity contribution in [1.29, 1.82) is 0 Å². The van der Waals surface area contributed by atoms with E-state index in [2.05, 4.69) is 66.3 Å². The summed E-state index contributed by atoms with van der Waals surface area (Å²) in [6.45, 7) is 5.54. The van der Waals surface area contributed by atoms with E-state index in [1.165, 1.54) is 39.1 Å². The molecule has 0 amide bonds. The van der Waals surface area contributed by atoms with Gasteiger partial charge in [-0.2, -0.15) is 0 Å². The number of rotatable bonds is 0. The van der Waals surface area contributed by atoms with Crippen LogP contribution in [-0.2, 0) is 19.0 Å². The third kappa shape index (κ3) is 1.32. The first-order chi connectivity index (χ1) is 10.6. The second-order valence-electron chi connectivity index (χ2n) is 6.96. The van der Waals surface area contributed by atoms with Gasteiger partial charge in [-0.3, -0.25) is 0 Å². The minimum absolute atomic E-state index is 0.0661. The van der Waals surface area contributed by atoms with Crippen molar-refractivity contribution in [1.82, 2.24) is 9.90 Å². The Bertz CT molecular complexity index is 947. The molecule has 2 heterocycles. The minimum Gasteiger partial charge on any atom is -0.140 e. The van der Waals surface area contributed by atoms with Gasteiger partial charge in [0, 0.05) is 16.5 Å². The molecule has 1 aliphatic heterocycles. The van der Waals surface area contributed by atoms with Crippen LogP contribution < -0.4 is 4.68 Å². The highest BCUT2D eigenvalue weighted by atomic mass is 15.5. The summed E-state index contributed by atoms with van der Waals surface area (Å²) in [5, 5.41) is 4.52. The molecule has 2 aliphatic rings. The predicted octanol–water partition coefficient (Wildman–Crippen LogP) is 3.04. The van der Waals surface area contributed by atoms with Crippen LogP contribution in [0.3, 0.4) is 0 Å². The lowest BCUT2D eigenvalue weighted by Gasteiger charge is -2.21. The summed E-state index contributed by atoms with van der Waals surface area (Å²) >= 11 is 0. The Morgan fingerprint density at radius 2 is 1.86 bits per heavy atom. The van der Waals surface area contributed by atoms with Crippen LogP contribution in [0.15, 0.2) is 42.6 Å². The molecule has 0 spiro atoms. The van der Waals surface area contributed by atoms with Crippen molar-refractivity contribution in [2.45, 2.75) is 25.8 Å². The van der Waals surface area contributed by atoms with Gasteiger partial charge in [-0.15, -0.1) is 9.36 Å². The quantitative estimate of drug-likeness (QED) is 0.456. The van der Waals surface area contributed by atoms with Crippen LogP contribution >= 0.6 is 0 Å². The summed E-state index contributed by atoms with van der Waals surface area (Å²) < 4.78 is 3.99. The number of fused-ring (bicyclic) bond motifs is 6. The molecule has 5 rings (SSSR count). The zero-order valence-corrected chi connectivity index (χ0v) is 13.1. The largest absolute Gasteiger partial charge is 0.198 e. The fraction of sp³-hybridized carbons (Fsp3) is 0.263. The van der Waals surface area contributed by atoms with E-state index >= 15 is 0 Å². The van der Waals surface area contributed by atoms with E-state index in [0.29, 0.717) is 0 Å². The fourth-order valence-corrected chi connectivity index (χ4v) is 4.14. The zero-order valence-electron chi connectivity index (χ0n) is 13.1. The second-order valence-corrected chi connectivity index (χ2v) is 6.96. The molecule has 1 aromatic heterocycles. The molecule has 0 saturated heterocycles. The molecule has 2 aromatic carbocycles. The van der Waals surface area contributed by atoms with Crippen molar-refractivity contribution in [3.63, 3.8) is 0 Å². The Hall–Kier alpha value is -2.42. The number of hydrogen-bond acceptors (Lipinski definition) is 1. The minimum atomic E-state index is 0.0661. The monoisotopic (exact) mass is 288 g/mol. The molecular formula is C19H18N3+. The number of aromatic nitrogens is 3. The summed E-state index contributed by atoms with van der Waals surface area (Å²) in [6.07, 6.45) is 2.12. The average molecular weight is 288 g/mol. The summed E-state index contributed by atoms with van der Waals surface area (Å²) in [6, 6.07) is 13.6. The van der Waals surface area contributed by atoms with Crippen LogP contribution in [0.5, 0.6) is 0 Å². The molecule has 108 valence electrons. The lowest BCUT2D eigenvalue weighted by molar-refractivity contribution is -0.732. The van der Waals surface area contributed by atoms with Gasteiger partial charge in [0.25, 0.3) is 0 Å². The Morgan fingerprint density at radius 1 is 1.05 bits per heavy atom. The standard InChI is InChI=1S/C19H18N3/c1-19(2)16-7-5-4-6-13(16)15-8-12-10-22-18(11-21(3)20-22)14(12)9-17(15)19/h4-9,11H,10H2,1-3H3/q+1. The van der Waals surface area contributed by atoms with Crippen LogP contribution in [0.2, 0.25) is 0 Å². The SMILES string of the molecule is C[n+]1cc2n(n1)Cc1cc3c(cc1-2)C(C)(C)c1ccccc1-3. The molecule has 0 unspecified atom stereocenters. The molecule has 0 radical (unpaired) electrons. The lowest BCUT2D eigenvalue weighted by atomic mass is 9.81. The van der Waals surface area contributed by atoms with E-state index in [0.717, 1.165) is 6.54 Å². The lowest BCUT2D eigenvalue weighted by Crippen LogP contribution is -2.30. The summed E-state index contributed by atoms with van der Waals surface area (Å²) in [5.74, 6) is 0. The van der Waals surface area contributed by atoms with Crippen molar-refractivity contribution in [3.05, 3.63) is 59.3 Å². The van der Waals surface area contributed by atoms with Gasteiger partial charge in [0.2, 0.25) is 0 Å². The van der Waals surface area contributed by atoms with Crippen molar-refractivity contribution >= 4 is 0 Å². The van der Waals surface area contributed by atoms with Crippen LogP contribution in [-0.4, -0.2) is 9.90 Å². The highest BCUT2D eigenvalue weighted by molar-refractivity contribution is 5.85. The van der Waals surface area contributed by atoms with Gasteiger partial charge < -0.3 is 0 Å². The van der Waals surface area contributed by atoms with Crippen molar-refractivity contribution in [3.8, 4) is 22.4 Å². The fourth-order valence-electron chi connectivity index (χ4n) is 4.14. The van der Waals surface area contributed by atoms with Crippen LogP contribution in [0, 0.1) is 0 Å². The number of hydrogen-bond donors (Lipinski definition) is 0. The van der Waals surface area contributed by atoms with Crippen LogP contribution in [0.4, 0.5) is 0 Å². The number of benzene rings is 2. The van der Waals surface area contributed by atoms with Gasteiger partial charge in [-0.05, 0) is 34.4 Å². The van der Waals surface area contributed by atoms with E-state index < -0.39 is 0 Å². The first kappa shape index (κ1) is 12.2.